The number of rotatable bonds is 6. The monoisotopic (exact) mass is 476 g/mol. The minimum atomic E-state index is -5.08. The van der Waals surface area contributed by atoms with Gasteiger partial charge < -0.3 is 10.4 Å². The number of carbonyl (C=O) groups is 2. The van der Waals surface area contributed by atoms with E-state index in [9.17, 15) is 18.0 Å². The van der Waals surface area contributed by atoms with Crippen LogP contribution in [-0.2, 0) is 17.9 Å². The largest absolute Gasteiger partial charge is 0.490 e. The summed E-state index contributed by atoms with van der Waals surface area (Å²) in [6.45, 7) is 3.27. The first-order valence-corrected chi connectivity index (χ1v) is 10.4. The van der Waals surface area contributed by atoms with Gasteiger partial charge in [-0.3, -0.25) is 19.4 Å². The standard InChI is InChI=1S/C20H22N6O.C2HF3O2/c27-20(19-12-21-10-11-22-19)23-8-6-17-14-25(13-16-4-2-1-3-5-16)15-18-7-9-24-26(17)18;3-2(4,5)1(6)7/h1-5,7,9-12,17H,6,8,13-15H2,(H,23,27);(H,6,7). The fraction of sp³-hybridized carbons (Fsp3) is 0.318. The Balaban J connectivity index is 0.000000406. The summed E-state index contributed by atoms with van der Waals surface area (Å²) in [5, 5.41) is 14.5. The van der Waals surface area contributed by atoms with Crippen molar-refractivity contribution in [3.63, 3.8) is 0 Å². The van der Waals surface area contributed by atoms with Crippen LogP contribution in [0.3, 0.4) is 0 Å². The van der Waals surface area contributed by atoms with Gasteiger partial charge in [0, 0.05) is 44.8 Å². The lowest BCUT2D eigenvalue weighted by atomic mass is 10.1. The summed E-state index contributed by atoms with van der Waals surface area (Å²) in [5.74, 6) is -2.95. The van der Waals surface area contributed by atoms with E-state index < -0.39 is 12.1 Å². The van der Waals surface area contributed by atoms with Crippen LogP contribution in [0.25, 0.3) is 0 Å². The average molecular weight is 476 g/mol. The number of aliphatic carboxylic acids is 1. The van der Waals surface area contributed by atoms with E-state index >= 15 is 0 Å². The molecular weight excluding hydrogens is 453 g/mol. The summed E-state index contributed by atoms with van der Waals surface area (Å²) in [6.07, 6.45) is 2.13. The maximum Gasteiger partial charge on any atom is 0.490 e. The number of nitrogens with zero attached hydrogens (tertiary/aromatic N) is 5. The van der Waals surface area contributed by atoms with E-state index in [1.165, 1.54) is 23.7 Å². The number of hydrogen-bond acceptors (Lipinski definition) is 6. The van der Waals surface area contributed by atoms with Gasteiger partial charge in [-0.2, -0.15) is 18.3 Å². The van der Waals surface area contributed by atoms with Gasteiger partial charge in [-0.05, 0) is 18.1 Å². The van der Waals surface area contributed by atoms with E-state index in [0.717, 1.165) is 26.1 Å². The van der Waals surface area contributed by atoms with Crippen molar-refractivity contribution in [1.82, 2.24) is 30.0 Å². The summed E-state index contributed by atoms with van der Waals surface area (Å²) in [4.78, 5) is 31.4. The predicted molar refractivity (Wildman–Crippen MR) is 114 cm³/mol. The molecule has 1 aliphatic rings. The van der Waals surface area contributed by atoms with Gasteiger partial charge in [0.05, 0.1) is 17.9 Å². The minimum absolute atomic E-state index is 0.194. The van der Waals surface area contributed by atoms with Gasteiger partial charge in [0.1, 0.15) is 5.69 Å². The minimum Gasteiger partial charge on any atom is -0.475 e. The molecule has 0 bridgehead atoms. The highest BCUT2D eigenvalue weighted by atomic mass is 19.4. The lowest BCUT2D eigenvalue weighted by Gasteiger charge is -2.34. The molecule has 0 spiro atoms. The van der Waals surface area contributed by atoms with Crippen LogP contribution in [0.5, 0.6) is 0 Å². The van der Waals surface area contributed by atoms with Crippen molar-refractivity contribution in [2.75, 3.05) is 13.1 Å². The molecular formula is C22H23F3N6O3. The van der Waals surface area contributed by atoms with Crippen LogP contribution in [0.1, 0.15) is 34.2 Å². The number of alkyl halides is 3. The first kappa shape index (κ1) is 24.8. The van der Waals surface area contributed by atoms with E-state index in [1.807, 2.05) is 12.3 Å². The number of carboxylic acids is 1. The number of nitrogens with one attached hydrogen (secondary N) is 1. The average Bonchev–Trinajstić information content (AvgIpc) is 3.29. The van der Waals surface area contributed by atoms with E-state index in [0.29, 0.717) is 12.2 Å². The van der Waals surface area contributed by atoms with E-state index in [2.05, 4.69) is 60.3 Å². The van der Waals surface area contributed by atoms with Crippen molar-refractivity contribution in [2.45, 2.75) is 31.7 Å². The Labute approximate surface area is 193 Å². The molecule has 2 aromatic heterocycles. The highest BCUT2D eigenvalue weighted by Gasteiger charge is 2.38. The fourth-order valence-corrected chi connectivity index (χ4v) is 3.50. The second kappa shape index (κ2) is 11.4. The summed E-state index contributed by atoms with van der Waals surface area (Å²) in [6, 6.07) is 12.8. The molecule has 0 saturated carbocycles. The molecule has 9 nitrogen and oxygen atoms in total. The third-order valence-electron chi connectivity index (χ3n) is 5.00. The van der Waals surface area contributed by atoms with Gasteiger partial charge >= 0.3 is 12.1 Å². The highest BCUT2D eigenvalue weighted by Crippen LogP contribution is 2.24. The number of carbonyl (C=O) groups excluding carboxylic acids is 1. The molecule has 180 valence electrons. The van der Waals surface area contributed by atoms with Gasteiger partial charge in [-0.15, -0.1) is 0 Å². The summed E-state index contributed by atoms with van der Waals surface area (Å²) < 4.78 is 33.8. The Morgan fingerprint density at radius 1 is 1.12 bits per heavy atom. The molecule has 3 heterocycles. The van der Waals surface area contributed by atoms with Crippen molar-refractivity contribution in [1.29, 1.82) is 0 Å². The highest BCUT2D eigenvalue weighted by molar-refractivity contribution is 5.91. The molecule has 1 amide bonds. The smallest absolute Gasteiger partial charge is 0.475 e. The normalized spacial score (nSPS) is 15.6. The summed E-state index contributed by atoms with van der Waals surface area (Å²) >= 11 is 0. The van der Waals surface area contributed by atoms with Crippen LogP contribution in [0.2, 0.25) is 0 Å². The number of aromatic nitrogens is 4. The molecule has 1 atom stereocenters. The van der Waals surface area contributed by atoms with Crippen LogP contribution in [0.4, 0.5) is 13.2 Å². The van der Waals surface area contributed by atoms with Crippen LogP contribution in [0.15, 0.2) is 61.2 Å². The van der Waals surface area contributed by atoms with Gasteiger partial charge in [-0.25, -0.2) is 9.78 Å². The third-order valence-corrected chi connectivity index (χ3v) is 5.00. The van der Waals surface area contributed by atoms with Crippen LogP contribution in [0, 0.1) is 0 Å². The van der Waals surface area contributed by atoms with E-state index in [-0.39, 0.29) is 11.9 Å². The van der Waals surface area contributed by atoms with Crippen molar-refractivity contribution in [2.24, 2.45) is 0 Å². The van der Waals surface area contributed by atoms with E-state index in [4.69, 9.17) is 9.90 Å². The molecule has 1 aliphatic heterocycles. The summed E-state index contributed by atoms with van der Waals surface area (Å²) in [5.41, 5.74) is 2.86. The maximum absolute atomic E-state index is 12.1. The van der Waals surface area contributed by atoms with Crippen LogP contribution in [-0.4, -0.2) is 60.9 Å². The first-order valence-electron chi connectivity index (χ1n) is 10.4. The van der Waals surface area contributed by atoms with Crippen LogP contribution < -0.4 is 5.32 Å². The van der Waals surface area contributed by atoms with Gasteiger partial charge in [0.15, 0.2) is 0 Å². The zero-order valence-corrected chi connectivity index (χ0v) is 18.0. The topological polar surface area (TPSA) is 113 Å². The zero-order chi connectivity index (χ0) is 24.6. The molecule has 1 aromatic carbocycles. The van der Waals surface area contributed by atoms with E-state index in [1.54, 1.807) is 6.20 Å². The van der Waals surface area contributed by atoms with Crippen molar-refractivity contribution < 1.29 is 27.9 Å². The van der Waals surface area contributed by atoms with Crippen molar-refractivity contribution >= 4 is 11.9 Å². The zero-order valence-electron chi connectivity index (χ0n) is 18.0. The Bertz CT molecular complexity index is 1080. The Morgan fingerprint density at radius 2 is 1.85 bits per heavy atom. The first-order chi connectivity index (χ1) is 16.2. The fourth-order valence-electron chi connectivity index (χ4n) is 3.50. The molecule has 12 heteroatoms. The number of hydrogen-bond donors (Lipinski definition) is 2. The van der Waals surface area contributed by atoms with Crippen LogP contribution >= 0.6 is 0 Å². The second-order valence-electron chi connectivity index (χ2n) is 7.51. The number of benzene rings is 1. The third kappa shape index (κ3) is 7.10. The lowest BCUT2D eigenvalue weighted by Crippen LogP contribution is -2.39. The van der Waals surface area contributed by atoms with Crippen molar-refractivity contribution in [3.05, 3.63) is 78.1 Å². The van der Waals surface area contributed by atoms with Gasteiger partial charge in [0.2, 0.25) is 0 Å². The molecule has 0 radical (unpaired) electrons. The molecule has 0 saturated heterocycles. The molecule has 34 heavy (non-hydrogen) atoms. The second-order valence-corrected chi connectivity index (χ2v) is 7.51. The quantitative estimate of drug-likeness (QED) is 0.562. The number of amides is 1. The van der Waals surface area contributed by atoms with Gasteiger partial charge in [0.25, 0.3) is 5.91 Å². The van der Waals surface area contributed by atoms with Crippen molar-refractivity contribution in [3.8, 4) is 0 Å². The van der Waals surface area contributed by atoms with Gasteiger partial charge in [-0.1, -0.05) is 30.3 Å². The SMILES string of the molecule is O=C(NCCC1CN(Cc2ccccc2)Cc2ccnn21)c1cnccn1.O=C(O)C(F)(F)F. The number of halogens is 3. The molecule has 0 aliphatic carbocycles. The summed E-state index contributed by atoms with van der Waals surface area (Å²) in [7, 11) is 0. The Morgan fingerprint density at radius 3 is 2.50 bits per heavy atom. The molecule has 0 fully saturated rings. The Hall–Kier alpha value is -3.80. The maximum atomic E-state index is 12.1. The number of carboxylic acid groups (broad SMARTS) is 1. The molecule has 3 aromatic rings. The molecule has 4 rings (SSSR count). The predicted octanol–water partition coefficient (Wildman–Crippen LogP) is 2.68. The number of fused-ring (bicyclic) bond motifs is 1. The Kier molecular flexibility index (Phi) is 8.30. The lowest BCUT2D eigenvalue weighted by molar-refractivity contribution is -0.192. The molecule has 1 unspecified atom stereocenters. The molecule has 2 N–H and O–H groups in total.